The number of hydrogen-bond donors (Lipinski definition) is 4. The van der Waals surface area contributed by atoms with Crippen LogP contribution >= 0.6 is 0 Å². The minimum absolute atomic E-state index is 0.0991. The molecule has 122 valence electrons. The third-order valence-electron chi connectivity index (χ3n) is 2.93. The summed E-state index contributed by atoms with van der Waals surface area (Å²) in [6, 6.07) is 5.17. The number of urea groups is 1. The highest BCUT2D eigenvalue weighted by Crippen LogP contribution is 2.15. The fourth-order valence-electron chi connectivity index (χ4n) is 1.89. The summed E-state index contributed by atoms with van der Waals surface area (Å²) in [7, 11) is 0. The van der Waals surface area contributed by atoms with Crippen molar-refractivity contribution in [2.24, 2.45) is 5.73 Å². The van der Waals surface area contributed by atoms with E-state index in [1.54, 1.807) is 6.07 Å². The van der Waals surface area contributed by atoms with Crippen molar-refractivity contribution < 1.29 is 19.1 Å². The number of aromatic nitrogens is 2. The first-order valence-electron chi connectivity index (χ1n) is 6.74. The molecule has 0 aliphatic rings. The van der Waals surface area contributed by atoms with Gasteiger partial charge in [0, 0.05) is 18.3 Å². The average molecular weight is 321 g/mol. The Labute approximate surface area is 131 Å². The number of nitrogens with two attached hydrogens (primary N) is 1. The first-order valence-corrected chi connectivity index (χ1v) is 6.74. The molecule has 9 heteroatoms. The highest BCUT2D eigenvalue weighted by Gasteiger charge is 2.13. The highest BCUT2D eigenvalue weighted by atomic mass is 19.1. The second-order valence-corrected chi connectivity index (χ2v) is 4.77. The van der Waals surface area contributed by atoms with E-state index in [2.05, 4.69) is 15.7 Å². The molecule has 1 unspecified atom stereocenters. The first-order chi connectivity index (χ1) is 11.0. The monoisotopic (exact) mass is 321 g/mol. The van der Waals surface area contributed by atoms with Gasteiger partial charge in [0.15, 0.2) is 0 Å². The predicted octanol–water partition coefficient (Wildman–Crippen LogP) is 0.363. The summed E-state index contributed by atoms with van der Waals surface area (Å²) in [5, 5.41) is 18.6. The van der Waals surface area contributed by atoms with Crippen LogP contribution in [-0.2, 0) is 11.3 Å². The lowest BCUT2D eigenvalue weighted by Crippen LogP contribution is -2.32. The van der Waals surface area contributed by atoms with Gasteiger partial charge in [-0.15, -0.1) is 0 Å². The average Bonchev–Trinajstić information content (AvgIpc) is 2.91. The normalized spacial score (nSPS) is 11.7. The van der Waals surface area contributed by atoms with Crippen LogP contribution in [0.5, 0.6) is 0 Å². The van der Waals surface area contributed by atoms with Crippen molar-refractivity contribution in [1.29, 1.82) is 0 Å². The van der Waals surface area contributed by atoms with E-state index in [0.29, 0.717) is 5.69 Å². The van der Waals surface area contributed by atoms with Crippen LogP contribution in [0.2, 0.25) is 0 Å². The van der Waals surface area contributed by atoms with Crippen LogP contribution < -0.4 is 16.4 Å². The molecule has 1 aromatic heterocycles. The van der Waals surface area contributed by atoms with Gasteiger partial charge in [-0.25, -0.2) is 9.18 Å². The number of carbonyl (C=O) groups is 2. The quantitative estimate of drug-likeness (QED) is 0.613. The Kier molecular flexibility index (Phi) is 5.26. The molecule has 3 amide bonds. The SMILES string of the molecule is NC(=O)Cn1cc(NC(=O)NCC(O)c2ccccc2F)cn1. The van der Waals surface area contributed by atoms with Gasteiger partial charge in [-0.3, -0.25) is 9.48 Å². The summed E-state index contributed by atoms with van der Waals surface area (Å²) in [5.41, 5.74) is 5.48. The summed E-state index contributed by atoms with van der Waals surface area (Å²) < 4.78 is 14.8. The molecule has 1 heterocycles. The molecule has 5 N–H and O–H groups in total. The van der Waals surface area contributed by atoms with E-state index in [0.717, 1.165) is 0 Å². The summed E-state index contributed by atoms with van der Waals surface area (Å²) in [4.78, 5) is 22.5. The van der Waals surface area contributed by atoms with Gasteiger partial charge in [0.2, 0.25) is 5.91 Å². The summed E-state index contributed by atoms with van der Waals surface area (Å²) in [6.45, 7) is -0.266. The number of aliphatic hydroxyl groups excluding tert-OH is 1. The van der Waals surface area contributed by atoms with Crippen molar-refractivity contribution in [2.45, 2.75) is 12.6 Å². The third kappa shape index (κ3) is 4.78. The Bertz CT molecular complexity index is 703. The Morgan fingerprint density at radius 3 is 2.83 bits per heavy atom. The molecule has 0 spiro atoms. The van der Waals surface area contributed by atoms with Crippen LogP contribution in [0.4, 0.5) is 14.9 Å². The summed E-state index contributed by atoms with van der Waals surface area (Å²) >= 11 is 0. The number of benzene rings is 1. The number of carbonyl (C=O) groups excluding carboxylic acids is 2. The molecule has 0 aliphatic carbocycles. The van der Waals surface area contributed by atoms with Crippen LogP contribution in [0.15, 0.2) is 36.7 Å². The lowest BCUT2D eigenvalue weighted by Gasteiger charge is -2.13. The maximum absolute atomic E-state index is 13.5. The number of nitrogens with one attached hydrogen (secondary N) is 2. The van der Waals surface area contributed by atoms with E-state index in [1.165, 1.54) is 35.3 Å². The highest BCUT2D eigenvalue weighted by molar-refractivity contribution is 5.88. The maximum Gasteiger partial charge on any atom is 0.319 e. The van der Waals surface area contributed by atoms with Gasteiger partial charge in [-0.2, -0.15) is 5.10 Å². The molecule has 8 nitrogen and oxygen atoms in total. The zero-order valence-electron chi connectivity index (χ0n) is 12.1. The van der Waals surface area contributed by atoms with Crippen molar-refractivity contribution >= 4 is 17.6 Å². The van der Waals surface area contributed by atoms with Crippen molar-refractivity contribution in [3.05, 3.63) is 48.0 Å². The molecule has 0 saturated heterocycles. The number of nitrogens with zero attached hydrogens (tertiary/aromatic N) is 2. The maximum atomic E-state index is 13.5. The van der Waals surface area contributed by atoms with Crippen LogP contribution in [0.3, 0.4) is 0 Å². The van der Waals surface area contributed by atoms with E-state index < -0.39 is 23.9 Å². The number of aliphatic hydroxyl groups is 1. The number of halogens is 1. The van der Waals surface area contributed by atoms with Crippen molar-refractivity contribution in [3.63, 3.8) is 0 Å². The second-order valence-electron chi connectivity index (χ2n) is 4.77. The zero-order valence-corrected chi connectivity index (χ0v) is 12.1. The Morgan fingerprint density at radius 1 is 1.39 bits per heavy atom. The standard InChI is InChI=1S/C14H16FN5O3/c15-11-4-2-1-3-10(11)12(21)6-17-14(23)19-9-5-18-20(7-9)8-13(16)22/h1-5,7,12,21H,6,8H2,(H2,16,22)(H2,17,19,23). The Balaban J connectivity index is 1.84. The lowest BCUT2D eigenvalue weighted by atomic mass is 10.1. The Hall–Kier alpha value is -2.94. The number of amides is 3. The first kappa shape index (κ1) is 16.4. The topological polar surface area (TPSA) is 122 Å². The lowest BCUT2D eigenvalue weighted by molar-refractivity contribution is -0.118. The Morgan fingerprint density at radius 2 is 2.13 bits per heavy atom. The van der Waals surface area contributed by atoms with E-state index >= 15 is 0 Å². The fourth-order valence-corrected chi connectivity index (χ4v) is 1.89. The minimum atomic E-state index is -1.17. The van der Waals surface area contributed by atoms with Gasteiger partial charge < -0.3 is 21.5 Å². The smallest absolute Gasteiger partial charge is 0.319 e. The number of anilines is 1. The van der Waals surface area contributed by atoms with Gasteiger partial charge in [0.05, 0.1) is 18.0 Å². The number of rotatable bonds is 6. The number of primary amides is 1. The molecule has 0 saturated carbocycles. The van der Waals surface area contributed by atoms with Crippen LogP contribution in [-0.4, -0.2) is 33.4 Å². The van der Waals surface area contributed by atoms with Crippen LogP contribution in [0, 0.1) is 5.82 Å². The molecular formula is C14H16FN5O3. The second kappa shape index (κ2) is 7.36. The number of hydrogen-bond acceptors (Lipinski definition) is 4. The molecule has 0 fully saturated rings. The molecule has 23 heavy (non-hydrogen) atoms. The summed E-state index contributed by atoms with van der Waals surface area (Å²) in [5.74, 6) is -1.10. The molecule has 2 rings (SSSR count). The van der Waals surface area contributed by atoms with E-state index in [1.807, 2.05) is 0 Å². The van der Waals surface area contributed by atoms with Gasteiger partial charge in [-0.1, -0.05) is 18.2 Å². The molecule has 0 aliphatic heterocycles. The van der Waals surface area contributed by atoms with Crippen molar-refractivity contribution in [2.75, 3.05) is 11.9 Å². The van der Waals surface area contributed by atoms with E-state index in [4.69, 9.17) is 5.73 Å². The summed E-state index contributed by atoms with van der Waals surface area (Å²) in [6.07, 6.45) is 1.60. The molecule has 2 aromatic rings. The molecule has 0 bridgehead atoms. The minimum Gasteiger partial charge on any atom is -0.386 e. The van der Waals surface area contributed by atoms with Gasteiger partial charge in [0.25, 0.3) is 0 Å². The largest absolute Gasteiger partial charge is 0.386 e. The molecule has 1 atom stereocenters. The molecule has 1 aromatic carbocycles. The van der Waals surface area contributed by atoms with Crippen LogP contribution in [0.1, 0.15) is 11.7 Å². The predicted molar refractivity (Wildman–Crippen MR) is 79.8 cm³/mol. The van der Waals surface area contributed by atoms with Gasteiger partial charge >= 0.3 is 6.03 Å². The fraction of sp³-hybridized carbons (Fsp3) is 0.214. The van der Waals surface area contributed by atoms with Gasteiger partial charge in [-0.05, 0) is 6.07 Å². The van der Waals surface area contributed by atoms with Crippen molar-refractivity contribution in [1.82, 2.24) is 15.1 Å². The molecular weight excluding hydrogens is 305 g/mol. The van der Waals surface area contributed by atoms with E-state index in [9.17, 15) is 19.1 Å². The third-order valence-corrected chi connectivity index (χ3v) is 2.93. The zero-order chi connectivity index (χ0) is 16.8. The van der Waals surface area contributed by atoms with Crippen LogP contribution in [0.25, 0.3) is 0 Å². The molecule has 0 radical (unpaired) electrons. The van der Waals surface area contributed by atoms with Crippen molar-refractivity contribution in [3.8, 4) is 0 Å². The van der Waals surface area contributed by atoms with E-state index in [-0.39, 0.29) is 18.7 Å². The van der Waals surface area contributed by atoms with Gasteiger partial charge in [0.1, 0.15) is 12.4 Å².